The quantitative estimate of drug-likeness (QED) is 0.528. The van der Waals surface area contributed by atoms with Crippen LogP contribution in [-0.4, -0.2) is 84.3 Å². The molecule has 0 radical (unpaired) electrons. The number of likely N-dealkylation sites (tertiary alicyclic amines) is 2. The van der Waals surface area contributed by atoms with Crippen molar-refractivity contribution < 1.29 is 19.4 Å². The van der Waals surface area contributed by atoms with Gasteiger partial charge < -0.3 is 25.0 Å². The zero-order valence-corrected chi connectivity index (χ0v) is 20.8. The van der Waals surface area contributed by atoms with Gasteiger partial charge in [-0.05, 0) is 56.7 Å². The van der Waals surface area contributed by atoms with Crippen LogP contribution in [0.25, 0.3) is 0 Å². The summed E-state index contributed by atoms with van der Waals surface area (Å²) >= 11 is 0. The SMILES string of the molecule is O=C(CCN1CCCCC1)N[C@H]1C=C[C@@H](CC(=O)N2CCC(Cc3ccccc3)CC2)O[C@H]1CO. The van der Waals surface area contributed by atoms with E-state index in [0.717, 1.165) is 52.0 Å². The molecule has 2 fully saturated rings. The summed E-state index contributed by atoms with van der Waals surface area (Å²) in [6.07, 6.45) is 10.4. The Kier molecular flexibility index (Phi) is 9.74. The van der Waals surface area contributed by atoms with Crippen molar-refractivity contribution in [1.29, 1.82) is 0 Å². The first-order chi connectivity index (χ1) is 17.1. The fraction of sp³-hybridized carbons (Fsp3) is 0.643. The molecule has 3 aliphatic heterocycles. The molecule has 0 unspecified atom stereocenters. The molecule has 2 N–H and O–H groups in total. The van der Waals surface area contributed by atoms with Crippen molar-refractivity contribution >= 4 is 11.8 Å². The first-order valence-electron chi connectivity index (χ1n) is 13.4. The third kappa shape index (κ3) is 7.89. The maximum absolute atomic E-state index is 12.9. The van der Waals surface area contributed by atoms with E-state index in [2.05, 4.69) is 34.5 Å². The number of nitrogens with zero attached hydrogens (tertiary/aromatic N) is 2. The Labute approximate surface area is 209 Å². The summed E-state index contributed by atoms with van der Waals surface area (Å²) in [5.41, 5.74) is 1.36. The highest BCUT2D eigenvalue weighted by atomic mass is 16.5. The number of carbonyl (C=O) groups is 2. The lowest BCUT2D eigenvalue weighted by Crippen LogP contribution is -2.50. The molecule has 0 aliphatic carbocycles. The number of aliphatic hydroxyl groups excluding tert-OH is 1. The van der Waals surface area contributed by atoms with Crippen LogP contribution in [0.3, 0.4) is 0 Å². The van der Waals surface area contributed by atoms with E-state index in [4.69, 9.17) is 4.74 Å². The predicted octanol–water partition coefficient (Wildman–Crippen LogP) is 2.53. The summed E-state index contributed by atoms with van der Waals surface area (Å²) in [5, 5.41) is 12.8. The number of hydrogen-bond donors (Lipinski definition) is 2. The normalized spacial score (nSPS) is 26.0. The van der Waals surface area contributed by atoms with Crippen LogP contribution in [0, 0.1) is 5.92 Å². The van der Waals surface area contributed by atoms with Gasteiger partial charge in [0.25, 0.3) is 0 Å². The number of nitrogens with one attached hydrogen (secondary N) is 1. The summed E-state index contributed by atoms with van der Waals surface area (Å²) in [7, 11) is 0. The van der Waals surface area contributed by atoms with Crippen LogP contribution in [0.2, 0.25) is 0 Å². The van der Waals surface area contributed by atoms with E-state index in [9.17, 15) is 14.7 Å². The number of aliphatic hydroxyl groups is 1. The summed E-state index contributed by atoms with van der Waals surface area (Å²) < 4.78 is 6.00. The van der Waals surface area contributed by atoms with Gasteiger partial charge in [0.05, 0.1) is 25.2 Å². The van der Waals surface area contributed by atoms with Gasteiger partial charge in [-0.1, -0.05) is 48.9 Å². The first-order valence-corrected chi connectivity index (χ1v) is 13.4. The molecular formula is C28H41N3O4. The van der Waals surface area contributed by atoms with E-state index >= 15 is 0 Å². The average Bonchev–Trinajstić information content (AvgIpc) is 2.90. The van der Waals surface area contributed by atoms with Crippen molar-refractivity contribution in [2.45, 2.75) is 69.6 Å². The molecule has 2 saturated heterocycles. The third-order valence-corrected chi connectivity index (χ3v) is 7.60. The molecule has 1 aromatic rings. The van der Waals surface area contributed by atoms with Crippen molar-refractivity contribution in [3.05, 3.63) is 48.0 Å². The molecule has 1 aromatic carbocycles. The molecule has 3 aliphatic rings. The molecule has 7 nitrogen and oxygen atoms in total. The van der Waals surface area contributed by atoms with Crippen LogP contribution >= 0.6 is 0 Å². The smallest absolute Gasteiger partial charge is 0.225 e. The second-order valence-electron chi connectivity index (χ2n) is 10.2. The van der Waals surface area contributed by atoms with Gasteiger partial charge in [-0.2, -0.15) is 0 Å². The number of rotatable bonds is 9. The van der Waals surface area contributed by atoms with Gasteiger partial charge in [0.1, 0.15) is 6.10 Å². The number of hydrogen-bond acceptors (Lipinski definition) is 5. The minimum Gasteiger partial charge on any atom is -0.394 e. The maximum Gasteiger partial charge on any atom is 0.225 e. The summed E-state index contributed by atoms with van der Waals surface area (Å²) in [6.45, 7) is 4.28. The van der Waals surface area contributed by atoms with Crippen molar-refractivity contribution in [3.8, 4) is 0 Å². The molecule has 2 amide bonds. The predicted molar refractivity (Wildman–Crippen MR) is 136 cm³/mol. The van der Waals surface area contributed by atoms with Gasteiger partial charge in [-0.25, -0.2) is 0 Å². The fourth-order valence-electron chi connectivity index (χ4n) is 5.47. The minimum absolute atomic E-state index is 0.0276. The lowest BCUT2D eigenvalue weighted by atomic mass is 9.90. The highest BCUT2D eigenvalue weighted by Crippen LogP contribution is 2.23. The van der Waals surface area contributed by atoms with E-state index < -0.39 is 6.10 Å². The number of carbonyl (C=O) groups excluding carboxylic acids is 2. The van der Waals surface area contributed by atoms with E-state index in [-0.39, 0.29) is 37.0 Å². The van der Waals surface area contributed by atoms with Gasteiger partial charge in [-0.3, -0.25) is 9.59 Å². The van der Waals surface area contributed by atoms with Gasteiger partial charge in [0.15, 0.2) is 0 Å². The molecule has 3 atom stereocenters. The largest absolute Gasteiger partial charge is 0.394 e. The molecule has 3 heterocycles. The Balaban J connectivity index is 1.19. The van der Waals surface area contributed by atoms with Crippen molar-refractivity contribution in [2.75, 3.05) is 39.3 Å². The Morgan fingerprint density at radius 2 is 1.74 bits per heavy atom. The summed E-state index contributed by atoms with van der Waals surface area (Å²) in [4.78, 5) is 29.6. The van der Waals surface area contributed by atoms with Crippen molar-refractivity contribution in [1.82, 2.24) is 15.1 Å². The Morgan fingerprint density at radius 3 is 2.46 bits per heavy atom. The van der Waals surface area contributed by atoms with Crippen LogP contribution < -0.4 is 5.32 Å². The van der Waals surface area contributed by atoms with Crippen LogP contribution in [-0.2, 0) is 20.7 Å². The van der Waals surface area contributed by atoms with Gasteiger partial charge in [0.2, 0.25) is 11.8 Å². The number of amides is 2. The van der Waals surface area contributed by atoms with E-state index in [1.54, 1.807) is 0 Å². The summed E-state index contributed by atoms with van der Waals surface area (Å²) in [5.74, 6) is 0.684. The minimum atomic E-state index is -0.534. The molecule has 192 valence electrons. The Bertz CT molecular complexity index is 832. The lowest BCUT2D eigenvalue weighted by Gasteiger charge is -2.35. The molecular weight excluding hydrogens is 442 g/mol. The third-order valence-electron chi connectivity index (χ3n) is 7.60. The van der Waals surface area contributed by atoms with Crippen molar-refractivity contribution in [3.63, 3.8) is 0 Å². The molecule has 7 heteroatoms. The monoisotopic (exact) mass is 483 g/mol. The van der Waals surface area contributed by atoms with Crippen molar-refractivity contribution in [2.24, 2.45) is 5.92 Å². The second-order valence-corrected chi connectivity index (χ2v) is 10.2. The van der Waals surface area contributed by atoms with Crippen LogP contribution in [0.4, 0.5) is 0 Å². The van der Waals surface area contributed by atoms with Crippen LogP contribution in [0.1, 0.15) is 50.5 Å². The number of piperidine rings is 2. The van der Waals surface area contributed by atoms with Crippen LogP contribution in [0.15, 0.2) is 42.5 Å². The molecule has 0 aromatic heterocycles. The highest BCUT2D eigenvalue weighted by molar-refractivity contribution is 5.77. The lowest BCUT2D eigenvalue weighted by molar-refractivity contribution is -0.137. The molecule has 0 bridgehead atoms. The zero-order chi connectivity index (χ0) is 24.5. The Morgan fingerprint density at radius 1 is 1.00 bits per heavy atom. The van der Waals surface area contributed by atoms with Crippen LogP contribution in [0.5, 0.6) is 0 Å². The topological polar surface area (TPSA) is 82.1 Å². The van der Waals surface area contributed by atoms with Gasteiger partial charge in [-0.15, -0.1) is 0 Å². The zero-order valence-electron chi connectivity index (χ0n) is 20.8. The standard InChI is InChI=1S/C28H41N3O4/c32-21-26-25(29-27(33)13-16-30-14-5-2-6-15-30)10-9-24(35-26)20-28(34)31-17-11-23(12-18-31)19-22-7-3-1-4-8-22/h1,3-4,7-10,23-26,32H,2,5-6,11-21H2,(H,29,33)/t24-,25-,26-/m0/s1. The van der Waals surface area contributed by atoms with Gasteiger partial charge >= 0.3 is 0 Å². The average molecular weight is 484 g/mol. The van der Waals surface area contributed by atoms with Gasteiger partial charge in [0, 0.05) is 26.1 Å². The first kappa shape index (κ1) is 25.9. The molecule has 0 spiro atoms. The maximum atomic E-state index is 12.9. The fourth-order valence-corrected chi connectivity index (χ4v) is 5.47. The second kappa shape index (κ2) is 13.2. The molecule has 35 heavy (non-hydrogen) atoms. The van der Waals surface area contributed by atoms with E-state index in [1.807, 2.05) is 23.1 Å². The van der Waals surface area contributed by atoms with E-state index in [0.29, 0.717) is 12.3 Å². The highest BCUT2D eigenvalue weighted by Gasteiger charge is 2.31. The Hall–Kier alpha value is -2.22. The van der Waals surface area contributed by atoms with E-state index in [1.165, 1.54) is 24.8 Å². The number of ether oxygens (including phenoxy) is 1. The molecule has 0 saturated carbocycles. The molecule has 4 rings (SSSR count). The number of benzene rings is 1. The summed E-state index contributed by atoms with van der Waals surface area (Å²) in [6, 6.07) is 10.2.